The number of carbonyl (C=O) groups is 1. The predicted octanol–water partition coefficient (Wildman–Crippen LogP) is -1.26. The molecule has 2 aliphatic heterocycles. The Balaban J connectivity index is 1.89. The van der Waals surface area contributed by atoms with Crippen LogP contribution in [0.3, 0.4) is 0 Å². The molecule has 1 aromatic rings. The smallest absolute Gasteiger partial charge is 0.325 e. The first-order chi connectivity index (χ1) is 9.08. The average Bonchev–Trinajstić information content (AvgIpc) is 2.92. The second-order valence-electron chi connectivity index (χ2n) is 5.27. The number of aromatic amines is 2. The van der Waals surface area contributed by atoms with E-state index in [1.807, 2.05) is 6.92 Å². The van der Waals surface area contributed by atoms with Gasteiger partial charge in [-0.3, -0.25) is 14.6 Å². The summed E-state index contributed by atoms with van der Waals surface area (Å²) < 4.78 is 0. The first-order valence-electron chi connectivity index (χ1n) is 6.41. The molecule has 1 aromatic heterocycles. The lowest BCUT2D eigenvalue weighted by atomic mass is 9.95. The first kappa shape index (κ1) is 12.2. The molecular formula is C12H16N4O3. The monoisotopic (exact) mass is 264 g/mol. The molecule has 0 aliphatic carbocycles. The van der Waals surface area contributed by atoms with Crippen molar-refractivity contribution in [2.24, 2.45) is 11.8 Å². The van der Waals surface area contributed by atoms with E-state index in [0.717, 1.165) is 13.1 Å². The van der Waals surface area contributed by atoms with E-state index < -0.39 is 11.2 Å². The maximum absolute atomic E-state index is 12.4. The van der Waals surface area contributed by atoms with Crippen LogP contribution in [-0.4, -0.2) is 46.5 Å². The summed E-state index contributed by atoms with van der Waals surface area (Å²) in [6.45, 7) is 4.50. The van der Waals surface area contributed by atoms with Crippen LogP contribution in [0.4, 0.5) is 0 Å². The quantitative estimate of drug-likeness (QED) is 0.590. The topological polar surface area (TPSA) is 98.1 Å². The third-order valence-corrected chi connectivity index (χ3v) is 4.25. The van der Waals surface area contributed by atoms with Gasteiger partial charge < -0.3 is 15.2 Å². The fraction of sp³-hybridized carbons (Fsp3) is 0.583. The second-order valence-corrected chi connectivity index (χ2v) is 5.27. The van der Waals surface area contributed by atoms with Crippen molar-refractivity contribution in [2.45, 2.75) is 13.0 Å². The van der Waals surface area contributed by atoms with Crippen LogP contribution in [-0.2, 0) is 0 Å². The molecule has 7 heteroatoms. The van der Waals surface area contributed by atoms with Crippen molar-refractivity contribution in [1.29, 1.82) is 0 Å². The second kappa shape index (κ2) is 4.34. The molecule has 19 heavy (non-hydrogen) atoms. The molecule has 2 aliphatic rings. The number of carbonyl (C=O) groups excluding carboxylic acids is 1. The molecule has 2 saturated heterocycles. The standard InChI is InChI=1S/C12H16N4O3/c1-6-8-3-13-2-7(8)5-16(6)11(18)9-4-14-12(19)15-10(9)17/h4,6-8,13H,2-3,5H2,1H3,(H2,14,15,17,19). The molecule has 0 spiro atoms. The zero-order valence-corrected chi connectivity index (χ0v) is 10.6. The Kier molecular flexibility index (Phi) is 2.78. The van der Waals surface area contributed by atoms with Gasteiger partial charge in [-0.1, -0.05) is 0 Å². The number of aromatic nitrogens is 2. The van der Waals surface area contributed by atoms with Gasteiger partial charge in [0, 0.05) is 31.9 Å². The number of likely N-dealkylation sites (tertiary alicyclic amines) is 1. The number of nitrogens with one attached hydrogen (secondary N) is 3. The SMILES string of the molecule is CC1C2CNCC2CN1C(=O)c1c[nH]c(=O)[nH]c1=O. The Morgan fingerprint density at radius 1 is 1.37 bits per heavy atom. The van der Waals surface area contributed by atoms with Crippen LogP contribution in [0.15, 0.2) is 15.8 Å². The summed E-state index contributed by atoms with van der Waals surface area (Å²) in [7, 11) is 0. The molecule has 1 amide bonds. The molecular weight excluding hydrogens is 248 g/mol. The third kappa shape index (κ3) is 1.90. The van der Waals surface area contributed by atoms with Gasteiger partial charge in [0.25, 0.3) is 11.5 Å². The van der Waals surface area contributed by atoms with E-state index >= 15 is 0 Å². The van der Waals surface area contributed by atoms with E-state index in [1.165, 1.54) is 6.20 Å². The Hall–Kier alpha value is -1.89. The van der Waals surface area contributed by atoms with Crippen molar-refractivity contribution >= 4 is 5.91 Å². The summed E-state index contributed by atoms with van der Waals surface area (Å²) in [5.41, 5.74) is -1.23. The highest BCUT2D eigenvalue weighted by molar-refractivity contribution is 5.94. The molecule has 3 N–H and O–H groups in total. The number of hydrogen-bond acceptors (Lipinski definition) is 4. The van der Waals surface area contributed by atoms with Crippen LogP contribution in [0, 0.1) is 11.8 Å². The van der Waals surface area contributed by atoms with Crippen molar-refractivity contribution in [3.8, 4) is 0 Å². The van der Waals surface area contributed by atoms with E-state index in [2.05, 4.69) is 15.3 Å². The number of hydrogen-bond donors (Lipinski definition) is 3. The maximum atomic E-state index is 12.4. The molecule has 102 valence electrons. The molecule has 0 radical (unpaired) electrons. The lowest BCUT2D eigenvalue weighted by Gasteiger charge is -2.24. The number of fused-ring (bicyclic) bond motifs is 1. The maximum Gasteiger partial charge on any atom is 0.325 e. The summed E-state index contributed by atoms with van der Waals surface area (Å²) >= 11 is 0. The van der Waals surface area contributed by atoms with E-state index in [4.69, 9.17) is 0 Å². The van der Waals surface area contributed by atoms with Crippen LogP contribution in [0.5, 0.6) is 0 Å². The largest absolute Gasteiger partial charge is 0.335 e. The highest BCUT2D eigenvalue weighted by Crippen LogP contribution is 2.32. The van der Waals surface area contributed by atoms with Crippen molar-refractivity contribution in [3.05, 3.63) is 32.6 Å². The molecule has 0 aromatic carbocycles. The molecule has 0 bridgehead atoms. The fourth-order valence-electron chi connectivity index (χ4n) is 3.16. The van der Waals surface area contributed by atoms with Gasteiger partial charge in [0.2, 0.25) is 0 Å². The molecule has 3 unspecified atom stereocenters. The van der Waals surface area contributed by atoms with Gasteiger partial charge in [-0.15, -0.1) is 0 Å². The van der Waals surface area contributed by atoms with Gasteiger partial charge in [0.05, 0.1) is 0 Å². The molecule has 3 rings (SSSR count). The minimum absolute atomic E-state index is 0.000572. The van der Waals surface area contributed by atoms with Crippen molar-refractivity contribution < 1.29 is 4.79 Å². The summed E-state index contributed by atoms with van der Waals surface area (Å²) in [6, 6.07) is 0.110. The van der Waals surface area contributed by atoms with Crippen molar-refractivity contribution in [3.63, 3.8) is 0 Å². The minimum Gasteiger partial charge on any atom is -0.335 e. The van der Waals surface area contributed by atoms with Crippen LogP contribution >= 0.6 is 0 Å². The lowest BCUT2D eigenvalue weighted by Crippen LogP contribution is -2.41. The Bertz CT molecular complexity index is 620. The molecule has 7 nitrogen and oxygen atoms in total. The van der Waals surface area contributed by atoms with Gasteiger partial charge in [0.1, 0.15) is 5.56 Å². The summed E-state index contributed by atoms with van der Waals surface area (Å²) in [4.78, 5) is 41.2. The van der Waals surface area contributed by atoms with E-state index in [-0.39, 0.29) is 17.5 Å². The summed E-state index contributed by atoms with van der Waals surface area (Å²) in [5, 5.41) is 3.32. The van der Waals surface area contributed by atoms with E-state index in [1.54, 1.807) is 4.90 Å². The third-order valence-electron chi connectivity index (χ3n) is 4.25. The zero-order valence-electron chi connectivity index (χ0n) is 10.6. The minimum atomic E-state index is -0.629. The number of amides is 1. The summed E-state index contributed by atoms with van der Waals surface area (Å²) in [6.07, 6.45) is 1.20. The van der Waals surface area contributed by atoms with Crippen LogP contribution in [0.1, 0.15) is 17.3 Å². The van der Waals surface area contributed by atoms with Crippen LogP contribution < -0.4 is 16.6 Å². The van der Waals surface area contributed by atoms with Crippen LogP contribution in [0.25, 0.3) is 0 Å². The van der Waals surface area contributed by atoms with Crippen molar-refractivity contribution in [2.75, 3.05) is 19.6 Å². The van der Waals surface area contributed by atoms with Gasteiger partial charge in [-0.25, -0.2) is 4.79 Å². The molecule has 3 atom stereocenters. The zero-order chi connectivity index (χ0) is 13.6. The lowest BCUT2D eigenvalue weighted by molar-refractivity contribution is 0.0726. The average molecular weight is 264 g/mol. The highest BCUT2D eigenvalue weighted by Gasteiger charge is 2.44. The fourth-order valence-corrected chi connectivity index (χ4v) is 3.16. The number of nitrogens with zero attached hydrogens (tertiary/aromatic N) is 1. The highest BCUT2D eigenvalue weighted by atomic mass is 16.2. The molecule has 3 heterocycles. The van der Waals surface area contributed by atoms with Gasteiger partial charge in [-0.05, 0) is 18.8 Å². The number of rotatable bonds is 1. The first-order valence-corrected chi connectivity index (χ1v) is 6.41. The Morgan fingerprint density at radius 2 is 2.16 bits per heavy atom. The van der Waals surface area contributed by atoms with E-state index in [0.29, 0.717) is 18.4 Å². The van der Waals surface area contributed by atoms with Crippen molar-refractivity contribution in [1.82, 2.24) is 20.2 Å². The van der Waals surface area contributed by atoms with Gasteiger partial charge in [-0.2, -0.15) is 0 Å². The Labute approximate surface area is 109 Å². The number of H-pyrrole nitrogens is 2. The summed E-state index contributed by atoms with van der Waals surface area (Å²) in [5.74, 6) is 0.603. The van der Waals surface area contributed by atoms with Gasteiger partial charge >= 0.3 is 5.69 Å². The van der Waals surface area contributed by atoms with Gasteiger partial charge in [0.15, 0.2) is 0 Å². The van der Waals surface area contributed by atoms with E-state index in [9.17, 15) is 14.4 Å². The molecule has 0 saturated carbocycles. The Morgan fingerprint density at radius 3 is 2.84 bits per heavy atom. The normalized spacial score (nSPS) is 29.5. The molecule has 2 fully saturated rings. The predicted molar refractivity (Wildman–Crippen MR) is 68.0 cm³/mol. The van der Waals surface area contributed by atoms with Crippen LogP contribution in [0.2, 0.25) is 0 Å².